The zero-order valence-electron chi connectivity index (χ0n) is 16.8. The van der Waals surface area contributed by atoms with Gasteiger partial charge in [0.05, 0.1) is 11.1 Å². The highest BCUT2D eigenvalue weighted by Crippen LogP contribution is 2.47. The zero-order chi connectivity index (χ0) is 25.5. The van der Waals surface area contributed by atoms with Crippen LogP contribution in [0.3, 0.4) is 0 Å². The summed E-state index contributed by atoms with van der Waals surface area (Å²) >= 11 is 0. The molecule has 0 bridgehead atoms. The van der Waals surface area contributed by atoms with Crippen LogP contribution in [0.4, 0.5) is 30.7 Å². The first-order chi connectivity index (χ1) is 14.9. The van der Waals surface area contributed by atoms with Crippen molar-refractivity contribution in [1.82, 2.24) is 0 Å². The van der Waals surface area contributed by atoms with E-state index in [0.29, 0.717) is 11.6 Å². The van der Waals surface area contributed by atoms with Crippen molar-refractivity contribution in [3.8, 4) is 11.5 Å². The standard InChI is InChI=1S/C20H15F7O6/c1-8(2)3-6-13(33-17(32)18(21,22)19(23,24)20(25,26)27)9-7-12(30)14-10(28)4-5-11(29)15(14)16(9)31/h3-5,7,13,28-29H,6H2,1-2H3/t13-/m1/s1. The number of alkyl halides is 7. The number of phenols is 2. The first-order valence-electron chi connectivity index (χ1n) is 8.95. The number of fused-ring (bicyclic) bond motifs is 1. The minimum absolute atomic E-state index is 0.444. The summed E-state index contributed by atoms with van der Waals surface area (Å²) in [6.07, 6.45) is -8.05. The van der Waals surface area contributed by atoms with E-state index in [1.165, 1.54) is 19.9 Å². The highest BCUT2D eigenvalue weighted by atomic mass is 19.4. The fourth-order valence-electron chi connectivity index (χ4n) is 2.81. The molecule has 0 fully saturated rings. The summed E-state index contributed by atoms with van der Waals surface area (Å²) in [5.74, 6) is -20.4. The van der Waals surface area contributed by atoms with Crippen LogP contribution in [0.15, 0.2) is 35.4 Å². The molecule has 13 heteroatoms. The van der Waals surface area contributed by atoms with Crippen molar-refractivity contribution in [2.24, 2.45) is 0 Å². The number of rotatable bonds is 6. The van der Waals surface area contributed by atoms with Gasteiger partial charge in [-0.2, -0.15) is 30.7 Å². The molecule has 0 saturated heterocycles. The van der Waals surface area contributed by atoms with Gasteiger partial charge in [0.25, 0.3) is 0 Å². The lowest BCUT2D eigenvalue weighted by Crippen LogP contribution is -2.57. The second-order valence-electron chi connectivity index (χ2n) is 7.20. The van der Waals surface area contributed by atoms with Crippen LogP contribution in [0, 0.1) is 0 Å². The molecule has 0 unspecified atom stereocenters. The highest BCUT2D eigenvalue weighted by molar-refractivity contribution is 6.27. The lowest BCUT2D eigenvalue weighted by molar-refractivity contribution is -0.348. The molecule has 1 aromatic rings. The summed E-state index contributed by atoms with van der Waals surface area (Å²) in [5.41, 5.74) is -1.89. The lowest BCUT2D eigenvalue weighted by Gasteiger charge is -2.29. The fraction of sp³-hybridized carbons (Fsp3) is 0.350. The number of benzene rings is 1. The van der Waals surface area contributed by atoms with Gasteiger partial charge >= 0.3 is 24.0 Å². The van der Waals surface area contributed by atoms with Crippen molar-refractivity contribution in [1.29, 1.82) is 0 Å². The summed E-state index contributed by atoms with van der Waals surface area (Å²) < 4.78 is 95.3. The van der Waals surface area contributed by atoms with E-state index >= 15 is 0 Å². The van der Waals surface area contributed by atoms with Gasteiger partial charge in [-0.05, 0) is 32.1 Å². The van der Waals surface area contributed by atoms with Gasteiger partial charge in [-0.3, -0.25) is 9.59 Å². The van der Waals surface area contributed by atoms with E-state index in [4.69, 9.17) is 0 Å². The third kappa shape index (κ3) is 4.57. The molecule has 2 N–H and O–H groups in total. The predicted molar refractivity (Wildman–Crippen MR) is 96.4 cm³/mol. The van der Waals surface area contributed by atoms with Gasteiger partial charge in [0.1, 0.15) is 17.6 Å². The molecule has 0 spiro atoms. The van der Waals surface area contributed by atoms with Crippen LogP contribution in [0.2, 0.25) is 0 Å². The molecule has 0 amide bonds. The monoisotopic (exact) mass is 484 g/mol. The summed E-state index contributed by atoms with van der Waals surface area (Å²) in [6.45, 7) is 2.93. The van der Waals surface area contributed by atoms with Crippen molar-refractivity contribution in [3.05, 3.63) is 46.6 Å². The number of carbonyl (C=O) groups excluding carboxylic acids is 3. The number of allylic oxidation sites excluding steroid dienone is 2. The van der Waals surface area contributed by atoms with Gasteiger partial charge in [0, 0.05) is 12.0 Å². The van der Waals surface area contributed by atoms with Crippen LogP contribution in [0.25, 0.3) is 0 Å². The quantitative estimate of drug-likeness (QED) is 0.267. The maximum Gasteiger partial charge on any atom is 0.460 e. The van der Waals surface area contributed by atoms with Crippen LogP contribution in [0.1, 0.15) is 41.0 Å². The van der Waals surface area contributed by atoms with Crippen LogP contribution >= 0.6 is 0 Å². The molecule has 1 aromatic carbocycles. The third-order valence-corrected chi connectivity index (χ3v) is 4.53. The summed E-state index contributed by atoms with van der Waals surface area (Å²) in [6, 6.07) is 1.69. The van der Waals surface area contributed by atoms with Crippen LogP contribution in [-0.2, 0) is 9.53 Å². The smallest absolute Gasteiger partial charge is 0.460 e. The fourth-order valence-corrected chi connectivity index (χ4v) is 2.81. The average Bonchev–Trinajstić information content (AvgIpc) is 2.68. The molecular formula is C20H15F7O6. The molecule has 0 heterocycles. The van der Waals surface area contributed by atoms with Crippen LogP contribution in [-0.4, -0.2) is 51.9 Å². The van der Waals surface area contributed by atoms with Crippen molar-refractivity contribution >= 4 is 17.5 Å². The summed E-state index contributed by atoms with van der Waals surface area (Å²) in [7, 11) is 0. The molecule has 0 aliphatic heterocycles. The number of carbonyl (C=O) groups is 3. The first-order valence-corrected chi connectivity index (χ1v) is 8.95. The van der Waals surface area contributed by atoms with E-state index in [9.17, 15) is 55.3 Å². The largest absolute Gasteiger partial charge is 0.507 e. The SMILES string of the molecule is CC(C)=CC[C@@H](OC(=O)C(F)(F)C(F)(F)C(F)(F)F)C1=CC(=O)c2c(O)ccc(O)c2C1=O. The molecule has 180 valence electrons. The van der Waals surface area contributed by atoms with Crippen molar-refractivity contribution in [2.75, 3.05) is 0 Å². The van der Waals surface area contributed by atoms with Gasteiger partial charge in [0.2, 0.25) is 0 Å². The van der Waals surface area contributed by atoms with Gasteiger partial charge in [-0.15, -0.1) is 0 Å². The minimum Gasteiger partial charge on any atom is -0.507 e. The molecule has 1 aliphatic rings. The number of ether oxygens (including phenoxy) is 1. The molecule has 2 rings (SSSR count). The van der Waals surface area contributed by atoms with Gasteiger partial charge < -0.3 is 14.9 Å². The Bertz CT molecular complexity index is 1070. The summed E-state index contributed by atoms with van der Waals surface area (Å²) in [4.78, 5) is 36.9. The molecule has 1 atom stereocenters. The Morgan fingerprint density at radius 2 is 1.52 bits per heavy atom. The number of aromatic hydroxyl groups is 2. The van der Waals surface area contributed by atoms with E-state index in [-0.39, 0.29) is 0 Å². The number of hydrogen-bond donors (Lipinski definition) is 2. The number of phenolic OH excluding ortho intramolecular Hbond substituents is 2. The lowest BCUT2D eigenvalue weighted by atomic mass is 9.85. The van der Waals surface area contributed by atoms with Gasteiger partial charge in [-0.25, -0.2) is 4.79 Å². The van der Waals surface area contributed by atoms with Gasteiger partial charge in [-0.1, -0.05) is 11.6 Å². The first kappa shape index (κ1) is 25.9. The average molecular weight is 484 g/mol. The second-order valence-corrected chi connectivity index (χ2v) is 7.20. The molecule has 0 saturated carbocycles. The Kier molecular flexibility index (Phi) is 6.68. The zero-order valence-corrected chi connectivity index (χ0v) is 16.8. The molecule has 6 nitrogen and oxygen atoms in total. The van der Waals surface area contributed by atoms with E-state index in [1.807, 2.05) is 0 Å². The highest BCUT2D eigenvalue weighted by Gasteiger charge is 2.77. The maximum atomic E-state index is 13.7. The Morgan fingerprint density at radius 1 is 1.00 bits per heavy atom. The van der Waals surface area contributed by atoms with E-state index in [2.05, 4.69) is 4.74 Å². The van der Waals surface area contributed by atoms with E-state index in [1.54, 1.807) is 0 Å². The third-order valence-electron chi connectivity index (χ3n) is 4.53. The Labute approximate surface area is 181 Å². The predicted octanol–water partition coefficient (Wildman–Crippen LogP) is 4.50. The van der Waals surface area contributed by atoms with Crippen molar-refractivity contribution in [3.63, 3.8) is 0 Å². The molecule has 0 aromatic heterocycles. The normalized spacial score (nSPS) is 15.5. The van der Waals surface area contributed by atoms with Crippen molar-refractivity contribution < 1.29 is 60.1 Å². The number of esters is 1. The number of hydrogen-bond acceptors (Lipinski definition) is 6. The van der Waals surface area contributed by atoms with Crippen LogP contribution in [0.5, 0.6) is 11.5 Å². The topological polar surface area (TPSA) is 101 Å². The second kappa shape index (κ2) is 8.52. The molecule has 33 heavy (non-hydrogen) atoms. The minimum atomic E-state index is -6.80. The van der Waals surface area contributed by atoms with E-state index in [0.717, 1.165) is 12.1 Å². The number of Topliss-reactive ketones (excluding diaryl/α,β-unsaturated/α-hetero) is 1. The van der Waals surface area contributed by atoms with Crippen LogP contribution < -0.4 is 0 Å². The maximum absolute atomic E-state index is 13.7. The number of ketones is 2. The van der Waals surface area contributed by atoms with E-state index < -0.39 is 76.3 Å². The van der Waals surface area contributed by atoms with Crippen molar-refractivity contribution in [2.45, 2.75) is 44.4 Å². The summed E-state index contributed by atoms with van der Waals surface area (Å²) in [5, 5.41) is 19.7. The molecule has 1 aliphatic carbocycles. The number of halogens is 7. The Balaban J connectivity index is 2.53. The Hall–Kier alpha value is -3.38. The van der Waals surface area contributed by atoms with Gasteiger partial charge in [0.15, 0.2) is 11.6 Å². The molecular weight excluding hydrogens is 469 g/mol. The Morgan fingerprint density at radius 3 is 2.00 bits per heavy atom. The molecule has 0 radical (unpaired) electrons.